The lowest BCUT2D eigenvalue weighted by molar-refractivity contribution is 0.203. The second-order valence-corrected chi connectivity index (χ2v) is 9.60. The van der Waals surface area contributed by atoms with Gasteiger partial charge in [0.2, 0.25) is 0 Å². The Hall–Kier alpha value is -3.62. The molecule has 5 rings (SSSR count). The Morgan fingerprint density at radius 3 is 2.79 bits per heavy atom. The molecule has 2 amide bonds. The summed E-state index contributed by atoms with van der Waals surface area (Å²) in [7, 11) is 0. The third kappa shape index (κ3) is 4.06. The van der Waals surface area contributed by atoms with Crippen molar-refractivity contribution in [2.24, 2.45) is 0 Å². The first-order valence-electron chi connectivity index (χ1n) is 11.8. The van der Waals surface area contributed by atoms with E-state index in [4.69, 9.17) is 15.6 Å². The van der Waals surface area contributed by atoms with Crippen LogP contribution >= 0.6 is 0 Å². The number of pyridine rings is 2. The summed E-state index contributed by atoms with van der Waals surface area (Å²) in [5.74, 6) is 0.861. The van der Waals surface area contributed by atoms with E-state index in [2.05, 4.69) is 26.0 Å². The first-order valence-corrected chi connectivity index (χ1v) is 11.8. The molecule has 1 unspecified atom stereocenters. The molecule has 9 heteroatoms. The summed E-state index contributed by atoms with van der Waals surface area (Å²) in [6.45, 7) is 8.24. The lowest BCUT2D eigenvalue weighted by atomic mass is 9.82. The minimum atomic E-state index is -0.218. The fraction of sp³-hybridized carbons (Fsp3) is 0.440. The molecule has 34 heavy (non-hydrogen) atoms. The van der Waals surface area contributed by atoms with E-state index in [1.54, 1.807) is 18.6 Å². The number of nitrogen functional groups attached to an aromatic ring is 1. The molecule has 0 aliphatic carbocycles. The molecule has 2 aliphatic heterocycles. The molecule has 1 spiro atoms. The zero-order valence-electron chi connectivity index (χ0n) is 19.9. The average molecular weight is 462 g/mol. The molecule has 3 N–H and O–H groups in total. The van der Waals surface area contributed by atoms with Crippen LogP contribution in [0.4, 0.5) is 10.6 Å². The molecule has 5 heterocycles. The summed E-state index contributed by atoms with van der Waals surface area (Å²) in [5.41, 5.74) is 9.91. The topological polar surface area (TPSA) is 111 Å². The Morgan fingerprint density at radius 2 is 2.03 bits per heavy atom. The van der Waals surface area contributed by atoms with E-state index in [0.29, 0.717) is 18.1 Å². The van der Waals surface area contributed by atoms with Crippen molar-refractivity contribution in [2.75, 3.05) is 18.8 Å². The first-order chi connectivity index (χ1) is 16.3. The van der Waals surface area contributed by atoms with Crippen molar-refractivity contribution in [1.29, 1.82) is 0 Å². The van der Waals surface area contributed by atoms with Crippen LogP contribution in [0.5, 0.6) is 5.75 Å². The molecular formula is C25H31N7O2. The molecular weight excluding hydrogens is 430 g/mol. The fourth-order valence-electron chi connectivity index (χ4n) is 4.96. The third-order valence-corrected chi connectivity index (χ3v) is 6.81. The second kappa shape index (κ2) is 8.62. The highest BCUT2D eigenvalue weighted by atomic mass is 16.5. The minimum Gasteiger partial charge on any atom is -0.482 e. The Bertz CT molecular complexity index is 1190. The highest BCUT2D eigenvalue weighted by Gasteiger charge is 2.47. The number of rotatable bonds is 5. The first kappa shape index (κ1) is 22.2. The highest BCUT2D eigenvalue weighted by Crippen LogP contribution is 2.44. The van der Waals surface area contributed by atoms with Gasteiger partial charge in [-0.05, 0) is 51.8 Å². The lowest BCUT2D eigenvalue weighted by Gasteiger charge is -2.24. The SMILES string of the molecule is CC(C)NC(=O)N1CC[C@@]2(CCn3nc(-c4cnc(N)c(OC(C)c5cccnc5)c4)cc32)C1. The Labute approximate surface area is 199 Å². The minimum absolute atomic E-state index is 0.0114. The van der Waals surface area contributed by atoms with Gasteiger partial charge in [-0.1, -0.05) is 6.07 Å². The summed E-state index contributed by atoms with van der Waals surface area (Å²) in [6, 6.07) is 8.02. The lowest BCUT2D eigenvalue weighted by Crippen LogP contribution is -2.43. The van der Waals surface area contributed by atoms with Gasteiger partial charge < -0.3 is 20.7 Å². The van der Waals surface area contributed by atoms with Crippen LogP contribution in [0, 0.1) is 0 Å². The zero-order valence-corrected chi connectivity index (χ0v) is 19.9. The van der Waals surface area contributed by atoms with Gasteiger partial charge >= 0.3 is 6.03 Å². The van der Waals surface area contributed by atoms with Gasteiger partial charge in [0, 0.05) is 66.5 Å². The van der Waals surface area contributed by atoms with Gasteiger partial charge in [0.15, 0.2) is 11.6 Å². The summed E-state index contributed by atoms with van der Waals surface area (Å²) in [6.07, 6.45) is 6.98. The monoisotopic (exact) mass is 461 g/mol. The smallest absolute Gasteiger partial charge is 0.317 e. The number of carbonyl (C=O) groups is 1. The summed E-state index contributed by atoms with van der Waals surface area (Å²) < 4.78 is 8.20. The predicted octanol–water partition coefficient (Wildman–Crippen LogP) is 3.53. The van der Waals surface area contributed by atoms with Crippen LogP contribution in [0.15, 0.2) is 42.9 Å². The molecule has 0 saturated carbocycles. The van der Waals surface area contributed by atoms with Gasteiger partial charge in [0.25, 0.3) is 0 Å². The number of nitrogens with zero attached hydrogens (tertiary/aromatic N) is 5. The van der Waals surface area contributed by atoms with Crippen molar-refractivity contribution in [2.45, 2.75) is 57.7 Å². The number of hydrogen-bond donors (Lipinski definition) is 2. The molecule has 0 aromatic carbocycles. The zero-order chi connectivity index (χ0) is 23.9. The average Bonchev–Trinajstić information content (AvgIpc) is 3.52. The Morgan fingerprint density at radius 1 is 1.21 bits per heavy atom. The number of carbonyl (C=O) groups excluding carboxylic acids is 1. The van der Waals surface area contributed by atoms with Gasteiger partial charge in [0.1, 0.15) is 6.10 Å². The van der Waals surface area contributed by atoms with Crippen molar-refractivity contribution >= 4 is 11.8 Å². The molecule has 0 bridgehead atoms. The van der Waals surface area contributed by atoms with E-state index in [1.807, 2.05) is 43.9 Å². The number of aryl methyl sites for hydroxylation is 1. The number of likely N-dealkylation sites (tertiary alicyclic amines) is 1. The molecule has 9 nitrogen and oxygen atoms in total. The molecule has 0 radical (unpaired) electrons. The third-order valence-electron chi connectivity index (χ3n) is 6.81. The van der Waals surface area contributed by atoms with Crippen LogP contribution in [0.25, 0.3) is 11.3 Å². The number of amides is 2. The molecule has 2 aliphatic rings. The predicted molar refractivity (Wildman–Crippen MR) is 129 cm³/mol. The molecule has 3 aromatic rings. The molecule has 2 atom stereocenters. The fourth-order valence-corrected chi connectivity index (χ4v) is 4.96. The van der Waals surface area contributed by atoms with E-state index in [-0.39, 0.29) is 23.6 Å². The number of fused-ring (bicyclic) bond motifs is 2. The molecule has 1 saturated heterocycles. The van der Waals surface area contributed by atoms with Gasteiger partial charge in [-0.25, -0.2) is 9.78 Å². The molecule has 178 valence electrons. The maximum atomic E-state index is 12.5. The number of anilines is 1. The van der Waals surface area contributed by atoms with Gasteiger partial charge in [-0.3, -0.25) is 9.67 Å². The van der Waals surface area contributed by atoms with Crippen LogP contribution in [0.3, 0.4) is 0 Å². The summed E-state index contributed by atoms with van der Waals surface area (Å²) >= 11 is 0. The number of aromatic nitrogens is 4. The van der Waals surface area contributed by atoms with Crippen LogP contribution in [-0.4, -0.2) is 49.8 Å². The molecule has 1 fully saturated rings. The Balaban J connectivity index is 1.37. The summed E-state index contributed by atoms with van der Waals surface area (Å²) in [5, 5.41) is 7.87. The van der Waals surface area contributed by atoms with E-state index in [0.717, 1.165) is 42.8 Å². The van der Waals surface area contributed by atoms with E-state index >= 15 is 0 Å². The van der Waals surface area contributed by atoms with Gasteiger partial charge in [-0.2, -0.15) is 5.10 Å². The van der Waals surface area contributed by atoms with E-state index in [9.17, 15) is 4.79 Å². The van der Waals surface area contributed by atoms with Crippen LogP contribution in [-0.2, 0) is 12.0 Å². The number of nitrogens with two attached hydrogens (primary N) is 1. The second-order valence-electron chi connectivity index (χ2n) is 9.60. The molecule has 3 aromatic heterocycles. The van der Waals surface area contributed by atoms with Crippen LogP contribution in [0.1, 0.15) is 51.0 Å². The summed E-state index contributed by atoms with van der Waals surface area (Å²) in [4.78, 5) is 23.0. The van der Waals surface area contributed by atoms with Crippen LogP contribution < -0.4 is 15.8 Å². The van der Waals surface area contributed by atoms with Crippen LogP contribution in [0.2, 0.25) is 0 Å². The van der Waals surface area contributed by atoms with E-state index in [1.165, 1.54) is 5.69 Å². The number of ether oxygens (including phenoxy) is 1. The quantitative estimate of drug-likeness (QED) is 0.601. The maximum absolute atomic E-state index is 12.5. The standard InChI is InChI=1S/C25H31N7O2/c1-16(2)29-24(33)31-9-6-25(15-31)7-10-32-22(25)12-20(30-32)19-11-21(23(26)28-14-19)34-17(3)18-5-4-8-27-13-18/h4-5,8,11-14,16-17H,6-7,9-10,15H2,1-3H3,(H2,26,28)(H,29,33)/t17?,25-/m1/s1. The van der Waals surface area contributed by atoms with E-state index < -0.39 is 0 Å². The van der Waals surface area contributed by atoms with Crippen molar-refractivity contribution in [3.05, 3.63) is 54.1 Å². The van der Waals surface area contributed by atoms with Gasteiger partial charge in [-0.15, -0.1) is 0 Å². The highest BCUT2D eigenvalue weighted by molar-refractivity contribution is 5.75. The number of nitrogens with one attached hydrogen (secondary N) is 1. The van der Waals surface area contributed by atoms with Gasteiger partial charge in [0.05, 0.1) is 5.69 Å². The number of urea groups is 1. The Kier molecular flexibility index (Phi) is 5.63. The van der Waals surface area contributed by atoms with Crippen molar-refractivity contribution in [1.82, 2.24) is 30.0 Å². The number of hydrogen-bond acceptors (Lipinski definition) is 6. The normalized spacial score (nSPS) is 20.1. The van der Waals surface area contributed by atoms with Crippen molar-refractivity contribution in [3.63, 3.8) is 0 Å². The maximum Gasteiger partial charge on any atom is 0.317 e. The largest absolute Gasteiger partial charge is 0.482 e. The van der Waals surface area contributed by atoms with Crippen molar-refractivity contribution < 1.29 is 9.53 Å². The van der Waals surface area contributed by atoms with Crippen molar-refractivity contribution in [3.8, 4) is 17.0 Å².